The molecule has 0 bridgehead atoms. The number of carbonyl (C=O) groups is 1. The highest BCUT2D eigenvalue weighted by Crippen LogP contribution is 2.30. The highest BCUT2D eigenvalue weighted by atomic mass is 32.2. The lowest BCUT2D eigenvalue weighted by molar-refractivity contribution is -0.137. The molecule has 0 aliphatic heterocycles. The number of hydrogen-bond donors (Lipinski definition) is 1. The van der Waals surface area contributed by atoms with Crippen molar-refractivity contribution in [1.29, 1.82) is 0 Å². The minimum Gasteiger partial charge on any atom is -0.335 e. The Hall–Kier alpha value is -2.39. The molecule has 0 spiro atoms. The molecule has 5 nitrogen and oxygen atoms in total. The van der Waals surface area contributed by atoms with Gasteiger partial charge in [0.15, 0.2) is 0 Å². The monoisotopic (exact) mass is 414 g/mol. The molecule has 1 N–H and O–H groups in total. The molecule has 152 valence electrons. The van der Waals surface area contributed by atoms with Crippen LogP contribution in [0, 0.1) is 0 Å². The number of sulfonamides is 1. The van der Waals surface area contributed by atoms with Crippen molar-refractivity contribution < 1.29 is 26.4 Å². The first-order chi connectivity index (χ1) is 13.0. The molecule has 0 unspecified atom stereocenters. The van der Waals surface area contributed by atoms with Gasteiger partial charge in [-0.05, 0) is 37.6 Å². The molecule has 1 amide bonds. The number of halogens is 3. The maximum absolute atomic E-state index is 12.8. The van der Waals surface area contributed by atoms with Gasteiger partial charge in [0, 0.05) is 12.6 Å². The van der Waals surface area contributed by atoms with Crippen LogP contribution in [-0.2, 0) is 27.5 Å². The van der Waals surface area contributed by atoms with E-state index >= 15 is 0 Å². The van der Waals surface area contributed by atoms with E-state index in [0.717, 1.165) is 23.8 Å². The van der Waals surface area contributed by atoms with Gasteiger partial charge in [0.1, 0.15) is 0 Å². The zero-order valence-corrected chi connectivity index (χ0v) is 16.2. The third-order valence-electron chi connectivity index (χ3n) is 4.02. The summed E-state index contributed by atoms with van der Waals surface area (Å²) in [5.74, 6) is -0.477. The predicted molar refractivity (Wildman–Crippen MR) is 98.8 cm³/mol. The van der Waals surface area contributed by atoms with Crippen LogP contribution in [0.2, 0.25) is 0 Å². The molecule has 0 radical (unpaired) electrons. The number of alkyl halides is 3. The standard InChI is InChI=1S/C19H21F3N2O3S/c1-14(2)24(13-15-7-4-3-5-8-15)18(25)12-23-28(26,27)17-10-6-9-16(11-17)19(20,21)22/h3-11,14,23H,12-13H2,1-2H3. The number of carbonyl (C=O) groups excluding carboxylic acids is 1. The summed E-state index contributed by atoms with van der Waals surface area (Å²) in [7, 11) is -4.27. The molecule has 0 heterocycles. The molecule has 0 saturated carbocycles. The number of hydrogen-bond acceptors (Lipinski definition) is 3. The van der Waals surface area contributed by atoms with E-state index < -0.39 is 39.1 Å². The lowest BCUT2D eigenvalue weighted by atomic mass is 10.2. The molecule has 9 heteroatoms. The second-order valence-electron chi connectivity index (χ2n) is 6.45. The predicted octanol–water partition coefficient (Wildman–Crippen LogP) is 3.42. The number of nitrogens with zero attached hydrogens (tertiary/aromatic N) is 1. The lowest BCUT2D eigenvalue weighted by Gasteiger charge is -2.27. The zero-order chi connectivity index (χ0) is 20.9. The fourth-order valence-electron chi connectivity index (χ4n) is 2.52. The first kappa shape index (κ1) is 21.9. The van der Waals surface area contributed by atoms with Crippen LogP contribution in [0.3, 0.4) is 0 Å². The molecular formula is C19H21F3N2O3S. The average Bonchev–Trinajstić information content (AvgIpc) is 2.64. The highest BCUT2D eigenvalue weighted by molar-refractivity contribution is 7.89. The lowest BCUT2D eigenvalue weighted by Crippen LogP contribution is -2.43. The third kappa shape index (κ3) is 5.80. The Labute approximate surface area is 162 Å². The van der Waals surface area contributed by atoms with Crippen LogP contribution in [0.25, 0.3) is 0 Å². The SMILES string of the molecule is CC(C)N(Cc1ccccc1)C(=O)CNS(=O)(=O)c1cccc(C(F)(F)F)c1. The molecule has 0 fully saturated rings. The summed E-state index contributed by atoms with van der Waals surface area (Å²) in [5.41, 5.74) is -0.195. The van der Waals surface area contributed by atoms with Crippen LogP contribution in [0.4, 0.5) is 13.2 Å². The Morgan fingerprint density at radius 2 is 1.71 bits per heavy atom. The number of rotatable bonds is 7. The zero-order valence-electron chi connectivity index (χ0n) is 15.4. The van der Waals surface area contributed by atoms with E-state index in [4.69, 9.17) is 0 Å². The van der Waals surface area contributed by atoms with Crippen molar-refractivity contribution in [1.82, 2.24) is 9.62 Å². The minimum absolute atomic E-state index is 0.189. The third-order valence-corrected chi connectivity index (χ3v) is 5.42. The number of amides is 1. The van der Waals surface area contributed by atoms with Gasteiger partial charge < -0.3 is 4.90 Å². The molecule has 28 heavy (non-hydrogen) atoms. The van der Waals surface area contributed by atoms with Gasteiger partial charge in [-0.3, -0.25) is 4.79 Å². The van der Waals surface area contributed by atoms with Gasteiger partial charge in [0.2, 0.25) is 15.9 Å². The van der Waals surface area contributed by atoms with Gasteiger partial charge >= 0.3 is 6.18 Å². The average molecular weight is 414 g/mol. The van der Waals surface area contributed by atoms with Gasteiger partial charge in [-0.25, -0.2) is 13.1 Å². The Bertz CT molecular complexity index is 914. The van der Waals surface area contributed by atoms with Crippen molar-refractivity contribution >= 4 is 15.9 Å². The Kier molecular flexibility index (Phi) is 6.84. The van der Waals surface area contributed by atoms with Crippen molar-refractivity contribution in [2.45, 2.75) is 37.5 Å². The topological polar surface area (TPSA) is 66.5 Å². The van der Waals surface area contributed by atoms with Crippen LogP contribution in [-0.4, -0.2) is 31.8 Å². The van der Waals surface area contributed by atoms with Crippen molar-refractivity contribution in [3.05, 3.63) is 65.7 Å². The van der Waals surface area contributed by atoms with Crippen molar-refractivity contribution in [3.8, 4) is 0 Å². The molecule has 0 aliphatic carbocycles. The fraction of sp³-hybridized carbons (Fsp3) is 0.316. The van der Waals surface area contributed by atoms with E-state index in [1.807, 2.05) is 30.3 Å². The van der Waals surface area contributed by atoms with Gasteiger partial charge in [-0.15, -0.1) is 0 Å². The first-order valence-electron chi connectivity index (χ1n) is 8.51. The van der Waals surface area contributed by atoms with E-state index in [0.29, 0.717) is 12.6 Å². The van der Waals surface area contributed by atoms with Crippen LogP contribution in [0.15, 0.2) is 59.5 Å². The summed E-state index contributed by atoms with van der Waals surface area (Å²) >= 11 is 0. The van der Waals surface area contributed by atoms with Crippen molar-refractivity contribution in [2.24, 2.45) is 0 Å². The molecule has 0 aliphatic rings. The van der Waals surface area contributed by atoms with Crippen molar-refractivity contribution in [2.75, 3.05) is 6.54 Å². The van der Waals surface area contributed by atoms with E-state index in [-0.39, 0.29) is 6.04 Å². The Morgan fingerprint density at radius 1 is 1.07 bits per heavy atom. The largest absolute Gasteiger partial charge is 0.416 e. The van der Waals surface area contributed by atoms with Crippen LogP contribution in [0.5, 0.6) is 0 Å². The molecule has 2 aromatic carbocycles. The van der Waals surface area contributed by atoms with Crippen LogP contribution >= 0.6 is 0 Å². The van der Waals surface area contributed by atoms with Gasteiger partial charge in [0.05, 0.1) is 17.0 Å². The molecule has 0 saturated heterocycles. The highest BCUT2D eigenvalue weighted by Gasteiger charge is 2.31. The van der Waals surface area contributed by atoms with E-state index in [1.165, 1.54) is 4.90 Å². The summed E-state index contributed by atoms with van der Waals surface area (Å²) in [6, 6.07) is 12.4. The summed E-state index contributed by atoms with van der Waals surface area (Å²) in [5, 5.41) is 0. The minimum atomic E-state index is -4.66. The van der Waals surface area contributed by atoms with Gasteiger partial charge in [-0.1, -0.05) is 36.4 Å². The smallest absolute Gasteiger partial charge is 0.335 e. The molecule has 2 aromatic rings. The second kappa shape index (κ2) is 8.74. The Balaban J connectivity index is 2.11. The Morgan fingerprint density at radius 3 is 2.29 bits per heavy atom. The quantitative estimate of drug-likeness (QED) is 0.755. The molecule has 2 rings (SSSR count). The number of benzene rings is 2. The van der Waals surface area contributed by atoms with Crippen LogP contribution in [0.1, 0.15) is 25.0 Å². The van der Waals surface area contributed by atoms with E-state index in [2.05, 4.69) is 4.72 Å². The van der Waals surface area contributed by atoms with E-state index in [1.54, 1.807) is 13.8 Å². The first-order valence-corrected chi connectivity index (χ1v) is 9.99. The maximum atomic E-state index is 12.8. The number of nitrogens with one attached hydrogen (secondary N) is 1. The normalized spacial score (nSPS) is 12.2. The molecule has 0 aromatic heterocycles. The maximum Gasteiger partial charge on any atom is 0.416 e. The summed E-state index contributed by atoms with van der Waals surface area (Å²) in [4.78, 5) is 13.5. The van der Waals surface area contributed by atoms with E-state index in [9.17, 15) is 26.4 Å². The van der Waals surface area contributed by atoms with Crippen molar-refractivity contribution in [3.63, 3.8) is 0 Å². The summed E-state index contributed by atoms with van der Waals surface area (Å²) in [6.07, 6.45) is -4.66. The second-order valence-corrected chi connectivity index (χ2v) is 8.22. The van der Waals surface area contributed by atoms with Gasteiger partial charge in [0.25, 0.3) is 0 Å². The molecular weight excluding hydrogens is 393 g/mol. The van der Waals surface area contributed by atoms with Gasteiger partial charge in [-0.2, -0.15) is 13.2 Å². The summed E-state index contributed by atoms with van der Waals surface area (Å²) < 4.78 is 65.1. The fourth-order valence-corrected chi connectivity index (χ4v) is 3.54. The summed E-state index contributed by atoms with van der Waals surface area (Å²) in [6.45, 7) is 3.33. The molecule has 0 atom stereocenters. The van der Waals surface area contributed by atoms with Crippen LogP contribution < -0.4 is 4.72 Å².